The summed E-state index contributed by atoms with van der Waals surface area (Å²) in [6, 6.07) is 0. The molecule has 0 atom stereocenters. The number of nitrogens with zero attached hydrogens (tertiary/aromatic N) is 2. The third kappa shape index (κ3) is 1.63. The molecule has 56 valence electrons. The molecule has 1 aromatic rings. The molecule has 0 N–H and O–H groups in total. The molecular weight excluding hydrogens is 170 g/mol. The molecule has 0 fully saturated rings. The Morgan fingerprint density at radius 1 is 1.36 bits per heavy atom. The van der Waals surface area contributed by atoms with Crippen LogP contribution in [0.5, 0.6) is 0 Å². The number of aliphatic imine (C=N–C) groups is 1. The Labute approximate surface area is 66.6 Å². The van der Waals surface area contributed by atoms with Crippen molar-refractivity contribution in [1.82, 2.24) is 4.98 Å². The second-order valence-electron chi connectivity index (χ2n) is 1.65. The van der Waals surface area contributed by atoms with Crippen molar-refractivity contribution >= 4 is 23.1 Å². The number of pyridine rings is 1. The van der Waals surface area contributed by atoms with Gasteiger partial charge in [0.05, 0.1) is 17.6 Å². The van der Waals surface area contributed by atoms with Gasteiger partial charge in [-0.25, -0.2) is 8.78 Å². The molecule has 1 rings (SSSR count). The molecule has 1 heterocycles. The van der Waals surface area contributed by atoms with E-state index in [9.17, 15) is 8.78 Å². The minimum Gasteiger partial charge on any atom is -0.258 e. The first-order chi connectivity index (χ1) is 5.25. The number of hydrogen-bond donors (Lipinski definition) is 0. The first-order valence-corrected chi connectivity index (χ1v) is 3.03. The Bertz CT molecular complexity index is 300. The van der Waals surface area contributed by atoms with Crippen molar-refractivity contribution < 1.29 is 8.78 Å². The van der Waals surface area contributed by atoms with E-state index in [0.29, 0.717) is 0 Å². The van der Waals surface area contributed by atoms with E-state index in [1.165, 1.54) is 0 Å². The highest BCUT2D eigenvalue weighted by molar-refractivity contribution is 7.78. The number of thiocarbonyl (C=S) groups is 1. The summed E-state index contributed by atoms with van der Waals surface area (Å²) in [7, 11) is 0. The van der Waals surface area contributed by atoms with E-state index in [0.717, 1.165) is 12.4 Å². The van der Waals surface area contributed by atoms with Crippen LogP contribution in [-0.4, -0.2) is 10.1 Å². The highest BCUT2D eigenvalue weighted by atomic mass is 32.1. The summed E-state index contributed by atoms with van der Waals surface area (Å²) in [4.78, 5) is 6.44. The van der Waals surface area contributed by atoms with Gasteiger partial charge in [-0.15, -0.1) is 0 Å². The largest absolute Gasteiger partial charge is 0.258 e. The van der Waals surface area contributed by atoms with Crippen LogP contribution in [0.25, 0.3) is 0 Å². The van der Waals surface area contributed by atoms with E-state index >= 15 is 0 Å². The minimum atomic E-state index is -0.845. The Balaban J connectivity index is 3.31. The molecule has 0 aliphatic carbocycles. The fraction of sp³-hybridized carbons (Fsp3) is 0. The number of hydrogen-bond acceptors (Lipinski definition) is 3. The Hall–Kier alpha value is -1.19. The molecule has 0 saturated carbocycles. The van der Waals surface area contributed by atoms with Crippen molar-refractivity contribution in [2.45, 2.75) is 0 Å². The van der Waals surface area contributed by atoms with Crippen molar-refractivity contribution in [2.24, 2.45) is 4.99 Å². The van der Waals surface area contributed by atoms with Gasteiger partial charge in [-0.3, -0.25) is 4.98 Å². The van der Waals surface area contributed by atoms with E-state index in [-0.39, 0.29) is 0 Å². The van der Waals surface area contributed by atoms with Crippen LogP contribution in [0.4, 0.5) is 14.5 Å². The quantitative estimate of drug-likeness (QED) is 0.478. The van der Waals surface area contributed by atoms with Gasteiger partial charge in [0.15, 0.2) is 11.6 Å². The van der Waals surface area contributed by atoms with E-state index in [2.05, 4.69) is 22.2 Å². The first kappa shape index (κ1) is 7.91. The van der Waals surface area contributed by atoms with Crippen LogP contribution in [0.2, 0.25) is 0 Å². The maximum absolute atomic E-state index is 12.6. The summed E-state index contributed by atoms with van der Waals surface area (Å²) < 4.78 is 25.1. The maximum Gasteiger partial charge on any atom is 0.170 e. The van der Waals surface area contributed by atoms with Gasteiger partial charge in [0.25, 0.3) is 0 Å². The van der Waals surface area contributed by atoms with Crippen LogP contribution in [0.3, 0.4) is 0 Å². The van der Waals surface area contributed by atoms with Crippen LogP contribution >= 0.6 is 12.2 Å². The van der Waals surface area contributed by atoms with Crippen molar-refractivity contribution in [3.63, 3.8) is 0 Å². The average molecular weight is 172 g/mol. The molecule has 0 bridgehead atoms. The maximum atomic E-state index is 12.6. The topological polar surface area (TPSA) is 25.2 Å². The highest BCUT2D eigenvalue weighted by Gasteiger charge is 2.05. The Kier molecular flexibility index (Phi) is 2.36. The van der Waals surface area contributed by atoms with Crippen molar-refractivity contribution in [3.05, 3.63) is 24.0 Å². The Morgan fingerprint density at radius 3 is 2.36 bits per heavy atom. The normalized spacial score (nSPS) is 8.91. The molecule has 0 unspecified atom stereocenters. The van der Waals surface area contributed by atoms with Gasteiger partial charge in [-0.1, -0.05) is 0 Å². The van der Waals surface area contributed by atoms with Gasteiger partial charge >= 0.3 is 0 Å². The summed E-state index contributed by atoms with van der Waals surface area (Å²) >= 11 is 4.18. The molecule has 0 radical (unpaired) electrons. The van der Waals surface area contributed by atoms with E-state index in [1.807, 2.05) is 5.16 Å². The van der Waals surface area contributed by atoms with Gasteiger partial charge in [-0.2, -0.15) is 4.99 Å². The standard InChI is InChI=1S/C6H2F2N2S/c7-4-1-9-2-5(8)6(4)10-3-11/h1-2H. The molecule has 5 heteroatoms. The number of aromatic nitrogens is 1. The molecule has 0 saturated heterocycles. The van der Waals surface area contributed by atoms with Crippen molar-refractivity contribution in [3.8, 4) is 0 Å². The zero-order valence-electron chi connectivity index (χ0n) is 5.21. The Morgan fingerprint density at radius 2 is 1.91 bits per heavy atom. The molecule has 11 heavy (non-hydrogen) atoms. The molecule has 0 aromatic carbocycles. The summed E-state index contributed by atoms with van der Waals surface area (Å²) in [5.41, 5.74) is -0.449. The van der Waals surface area contributed by atoms with Crippen LogP contribution < -0.4 is 0 Å². The molecule has 0 aliphatic rings. The van der Waals surface area contributed by atoms with Gasteiger partial charge < -0.3 is 0 Å². The van der Waals surface area contributed by atoms with Gasteiger partial charge in [0, 0.05) is 0 Å². The van der Waals surface area contributed by atoms with E-state index in [4.69, 9.17) is 0 Å². The smallest absolute Gasteiger partial charge is 0.170 e. The third-order valence-electron chi connectivity index (χ3n) is 0.986. The van der Waals surface area contributed by atoms with Crippen LogP contribution in [0, 0.1) is 11.6 Å². The molecule has 0 amide bonds. The van der Waals surface area contributed by atoms with Gasteiger partial charge in [0.1, 0.15) is 5.69 Å². The second-order valence-corrected chi connectivity index (χ2v) is 1.84. The fourth-order valence-corrected chi connectivity index (χ4v) is 0.648. The van der Waals surface area contributed by atoms with Crippen LogP contribution in [0.1, 0.15) is 0 Å². The summed E-state index contributed by atoms with van der Waals surface area (Å²) in [6.45, 7) is 0. The second kappa shape index (κ2) is 3.27. The van der Waals surface area contributed by atoms with Crippen LogP contribution in [0.15, 0.2) is 17.4 Å². The molecular formula is C6H2F2N2S. The number of rotatable bonds is 1. The highest BCUT2D eigenvalue weighted by Crippen LogP contribution is 2.18. The molecule has 2 nitrogen and oxygen atoms in total. The van der Waals surface area contributed by atoms with Gasteiger partial charge in [0.2, 0.25) is 0 Å². The predicted molar refractivity (Wildman–Crippen MR) is 38.8 cm³/mol. The summed E-state index contributed by atoms with van der Waals surface area (Å²) in [6.07, 6.45) is 1.71. The predicted octanol–water partition coefficient (Wildman–Crippen LogP) is 2.09. The fourth-order valence-electron chi connectivity index (χ4n) is 0.557. The lowest BCUT2D eigenvalue weighted by Gasteiger charge is -1.93. The monoisotopic (exact) mass is 172 g/mol. The van der Waals surface area contributed by atoms with Crippen molar-refractivity contribution in [1.29, 1.82) is 0 Å². The number of halogens is 2. The van der Waals surface area contributed by atoms with E-state index in [1.54, 1.807) is 0 Å². The number of isothiocyanates is 1. The first-order valence-electron chi connectivity index (χ1n) is 2.62. The lowest BCUT2D eigenvalue weighted by atomic mass is 10.4. The van der Waals surface area contributed by atoms with Crippen LogP contribution in [-0.2, 0) is 0 Å². The summed E-state index contributed by atoms with van der Waals surface area (Å²) in [5.74, 6) is -1.69. The lowest BCUT2D eigenvalue weighted by Crippen LogP contribution is -1.83. The molecule has 0 aliphatic heterocycles. The third-order valence-corrected chi connectivity index (χ3v) is 1.08. The molecule has 1 aromatic heterocycles. The van der Waals surface area contributed by atoms with E-state index < -0.39 is 17.3 Å². The molecule has 0 spiro atoms. The van der Waals surface area contributed by atoms with Gasteiger partial charge in [-0.05, 0) is 12.2 Å². The zero-order valence-corrected chi connectivity index (χ0v) is 6.03. The SMILES string of the molecule is Fc1cncc(F)c1N=C=S. The lowest BCUT2D eigenvalue weighted by molar-refractivity contribution is 0.577. The zero-order chi connectivity index (χ0) is 8.27. The summed E-state index contributed by atoms with van der Waals surface area (Å²) in [5, 5.41) is 1.87. The minimum absolute atomic E-state index is 0.449. The average Bonchev–Trinajstić information content (AvgIpc) is 1.97. The van der Waals surface area contributed by atoms with Crippen molar-refractivity contribution in [2.75, 3.05) is 0 Å².